The molecule has 1 saturated carbocycles. The lowest BCUT2D eigenvalue weighted by Gasteiger charge is -2.28. The number of amides is 2. The van der Waals surface area contributed by atoms with Gasteiger partial charge in [-0.25, -0.2) is 4.98 Å². The number of benzene rings is 1. The monoisotopic (exact) mass is 406 g/mol. The molecule has 2 unspecified atom stereocenters. The van der Waals surface area contributed by atoms with Gasteiger partial charge in [-0.2, -0.15) is 0 Å². The summed E-state index contributed by atoms with van der Waals surface area (Å²) in [5.41, 5.74) is 1.07. The van der Waals surface area contributed by atoms with Gasteiger partial charge >= 0.3 is 0 Å². The number of hydrogen-bond acceptors (Lipinski definition) is 3. The fraction of sp³-hybridized carbons (Fsp3) is 0.542. The lowest BCUT2D eigenvalue weighted by Crippen LogP contribution is -2.41. The van der Waals surface area contributed by atoms with Crippen molar-refractivity contribution in [2.24, 2.45) is 11.3 Å². The number of likely N-dealkylation sites (tertiary alicyclic amines) is 2. The molecule has 3 fully saturated rings. The van der Waals surface area contributed by atoms with Crippen LogP contribution in [0.15, 0.2) is 42.9 Å². The molecule has 0 N–H and O–H groups in total. The van der Waals surface area contributed by atoms with Gasteiger partial charge in [-0.3, -0.25) is 9.59 Å². The van der Waals surface area contributed by atoms with Crippen LogP contribution in [0, 0.1) is 11.3 Å². The second-order valence-corrected chi connectivity index (χ2v) is 9.54. The fourth-order valence-corrected chi connectivity index (χ4v) is 5.13. The van der Waals surface area contributed by atoms with E-state index >= 15 is 0 Å². The lowest BCUT2D eigenvalue weighted by molar-refractivity contribution is -0.136. The summed E-state index contributed by atoms with van der Waals surface area (Å²) in [5.74, 6) is 0.851. The molecule has 0 bridgehead atoms. The van der Waals surface area contributed by atoms with E-state index in [1.165, 1.54) is 12.8 Å². The summed E-state index contributed by atoms with van der Waals surface area (Å²) < 4.78 is 2.09. The van der Waals surface area contributed by atoms with Gasteiger partial charge in [0.2, 0.25) is 5.91 Å². The van der Waals surface area contributed by atoms with Crippen molar-refractivity contribution >= 4 is 11.8 Å². The fourth-order valence-electron chi connectivity index (χ4n) is 5.13. The normalized spacial score (nSPS) is 26.4. The minimum atomic E-state index is -0.546. The highest BCUT2D eigenvalue weighted by Crippen LogP contribution is 2.50. The van der Waals surface area contributed by atoms with Crippen LogP contribution >= 0.6 is 0 Å². The van der Waals surface area contributed by atoms with Crippen LogP contribution < -0.4 is 0 Å². The van der Waals surface area contributed by atoms with E-state index in [0.29, 0.717) is 30.6 Å². The van der Waals surface area contributed by atoms with E-state index in [0.717, 1.165) is 25.2 Å². The molecule has 1 aromatic carbocycles. The van der Waals surface area contributed by atoms with Crippen LogP contribution in [0.1, 0.15) is 61.1 Å². The van der Waals surface area contributed by atoms with Crippen LogP contribution in [0.25, 0.3) is 0 Å². The molecule has 1 aromatic heterocycles. The highest BCUT2D eigenvalue weighted by atomic mass is 16.2. The van der Waals surface area contributed by atoms with Crippen LogP contribution in [0.2, 0.25) is 0 Å². The summed E-state index contributed by atoms with van der Waals surface area (Å²) in [4.78, 5) is 35.5. The Bertz CT molecular complexity index is 949. The first-order valence-corrected chi connectivity index (χ1v) is 11.1. The van der Waals surface area contributed by atoms with Gasteiger partial charge in [0.1, 0.15) is 0 Å². The van der Waals surface area contributed by atoms with Crippen molar-refractivity contribution in [1.82, 2.24) is 19.4 Å². The SMILES string of the molecule is CC(C)n1cnc(C2CN(C(=O)c3ccccc3)CC23CCN(CC2CC2)C3=O)c1. The number of hydrogen-bond donors (Lipinski definition) is 0. The molecule has 2 aromatic rings. The Balaban J connectivity index is 1.47. The molecule has 2 amide bonds. The summed E-state index contributed by atoms with van der Waals surface area (Å²) in [7, 11) is 0. The summed E-state index contributed by atoms with van der Waals surface area (Å²) in [6.07, 6.45) is 7.20. The number of carbonyl (C=O) groups excluding carboxylic acids is 2. The molecule has 2 saturated heterocycles. The maximum Gasteiger partial charge on any atom is 0.253 e. The van der Waals surface area contributed by atoms with Crippen molar-refractivity contribution in [3.05, 3.63) is 54.1 Å². The Morgan fingerprint density at radius 3 is 2.67 bits per heavy atom. The molecule has 1 spiro atoms. The Morgan fingerprint density at radius 1 is 1.23 bits per heavy atom. The van der Waals surface area contributed by atoms with Crippen molar-refractivity contribution in [3.8, 4) is 0 Å². The first kappa shape index (κ1) is 19.3. The maximum absolute atomic E-state index is 13.7. The van der Waals surface area contributed by atoms with Gasteiger partial charge in [0.15, 0.2) is 0 Å². The van der Waals surface area contributed by atoms with E-state index in [2.05, 4.69) is 29.5 Å². The number of nitrogens with zero attached hydrogens (tertiary/aromatic N) is 4. The van der Waals surface area contributed by atoms with E-state index in [4.69, 9.17) is 4.98 Å². The first-order valence-electron chi connectivity index (χ1n) is 11.1. The van der Waals surface area contributed by atoms with Crippen LogP contribution in [-0.4, -0.2) is 57.3 Å². The number of carbonyl (C=O) groups is 2. The van der Waals surface area contributed by atoms with Crippen molar-refractivity contribution in [2.75, 3.05) is 26.2 Å². The molecule has 1 aliphatic carbocycles. The maximum atomic E-state index is 13.7. The lowest BCUT2D eigenvalue weighted by atomic mass is 9.75. The second-order valence-electron chi connectivity index (χ2n) is 9.54. The predicted octanol–water partition coefficient (Wildman–Crippen LogP) is 3.33. The van der Waals surface area contributed by atoms with Crippen LogP contribution in [0.5, 0.6) is 0 Å². The summed E-state index contributed by atoms with van der Waals surface area (Å²) >= 11 is 0. The van der Waals surface area contributed by atoms with Crippen molar-refractivity contribution in [3.63, 3.8) is 0 Å². The third kappa shape index (κ3) is 3.22. The smallest absolute Gasteiger partial charge is 0.253 e. The summed E-state index contributed by atoms with van der Waals surface area (Å²) in [6, 6.07) is 9.71. The van der Waals surface area contributed by atoms with Crippen molar-refractivity contribution < 1.29 is 9.59 Å². The third-order valence-corrected chi connectivity index (χ3v) is 7.14. The highest BCUT2D eigenvalue weighted by Gasteiger charge is 2.59. The van der Waals surface area contributed by atoms with Gasteiger partial charge in [0, 0.05) is 49.9 Å². The molecule has 158 valence electrons. The number of imidazole rings is 1. The van der Waals surface area contributed by atoms with E-state index < -0.39 is 5.41 Å². The molecule has 3 heterocycles. The minimum absolute atomic E-state index is 0.00853. The Labute approximate surface area is 177 Å². The molecule has 2 aliphatic heterocycles. The summed E-state index contributed by atoms with van der Waals surface area (Å²) in [5, 5.41) is 0. The Morgan fingerprint density at radius 2 is 2.00 bits per heavy atom. The van der Waals surface area contributed by atoms with Gasteiger partial charge in [0.25, 0.3) is 5.91 Å². The average Bonchev–Trinajstić information content (AvgIpc) is 3.17. The van der Waals surface area contributed by atoms with Gasteiger partial charge in [-0.05, 0) is 51.2 Å². The molecule has 6 heteroatoms. The summed E-state index contributed by atoms with van der Waals surface area (Å²) in [6.45, 7) is 6.95. The van der Waals surface area contributed by atoms with E-state index in [1.54, 1.807) is 0 Å². The number of rotatable bonds is 5. The minimum Gasteiger partial charge on any atom is -0.342 e. The van der Waals surface area contributed by atoms with E-state index in [-0.39, 0.29) is 17.7 Å². The molecule has 3 aliphatic rings. The molecule has 0 radical (unpaired) electrons. The molecular formula is C24H30N4O2. The quantitative estimate of drug-likeness (QED) is 0.765. The standard InChI is InChI=1S/C24H30N4O2/c1-17(2)28-14-21(25-16-28)20-13-27(22(29)19-6-4-3-5-7-19)15-24(20)10-11-26(23(24)30)12-18-8-9-18/h3-7,14,16-18,20H,8-13,15H2,1-2H3. The zero-order valence-electron chi connectivity index (χ0n) is 17.8. The zero-order valence-corrected chi connectivity index (χ0v) is 17.8. The second kappa shape index (κ2) is 7.25. The molecule has 2 atom stereocenters. The average molecular weight is 407 g/mol. The highest BCUT2D eigenvalue weighted by molar-refractivity contribution is 5.96. The third-order valence-electron chi connectivity index (χ3n) is 7.14. The molecule has 5 rings (SSSR count). The van der Waals surface area contributed by atoms with Gasteiger partial charge in [0.05, 0.1) is 17.4 Å². The van der Waals surface area contributed by atoms with Gasteiger partial charge in [-0.15, -0.1) is 0 Å². The van der Waals surface area contributed by atoms with E-state index in [1.807, 2.05) is 41.6 Å². The van der Waals surface area contributed by atoms with Crippen LogP contribution in [-0.2, 0) is 4.79 Å². The van der Waals surface area contributed by atoms with Crippen LogP contribution in [0.3, 0.4) is 0 Å². The van der Waals surface area contributed by atoms with Gasteiger partial charge in [-0.1, -0.05) is 18.2 Å². The molecular weight excluding hydrogens is 376 g/mol. The Kier molecular flexibility index (Phi) is 4.68. The van der Waals surface area contributed by atoms with E-state index in [9.17, 15) is 9.59 Å². The van der Waals surface area contributed by atoms with Crippen LogP contribution in [0.4, 0.5) is 0 Å². The molecule has 30 heavy (non-hydrogen) atoms. The number of aromatic nitrogens is 2. The largest absolute Gasteiger partial charge is 0.342 e. The topological polar surface area (TPSA) is 58.4 Å². The molecule has 6 nitrogen and oxygen atoms in total. The zero-order chi connectivity index (χ0) is 20.9. The van der Waals surface area contributed by atoms with Gasteiger partial charge < -0.3 is 14.4 Å². The predicted molar refractivity (Wildman–Crippen MR) is 114 cm³/mol. The first-order chi connectivity index (χ1) is 14.5. The van der Waals surface area contributed by atoms with Crippen molar-refractivity contribution in [1.29, 1.82) is 0 Å². The van der Waals surface area contributed by atoms with Crippen molar-refractivity contribution in [2.45, 2.75) is 45.1 Å². The Hall–Kier alpha value is -2.63.